The number of nitrogens with zero attached hydrogens (tertiary/aromatic N) is 1. The third kappa shape index (κ3) is 4.47. The zero-order chi connectivity index (χ0) is 15.3. The lowest BCUT2D eigenvalue weighted by Crippen LogP contribution is -2.37. The van der Waals surface area contributed by atoms with Crippen molar-refractivity contribution in [1.29, 1.82) is 0 Å². The minimum atomic E-state index is -0.511. The van der Waals surface area contributed by atoms with Crippen LogP contribution in [-0.4, -0.2) is 50.3 Å². The molecule has 0 amide bonds. The van der Waals surface area contributed by atoms with E-state index < -0.39 is 6.10 Å². The molecule has 2 atom stereocenters. The Morgan fingerprint density at radius 2 is 1.80 bits per heavy atom. The highest BCUT2D eigenvalue weighted by molar-refractivity contribution is 5.42. The summed E-state index contributed by atoms with van der Waals surface area (Å²) in [6.45, 7) is 7.86. The van der Waals surface area contributed by atoms with E-state index >= 15 is 0 Å². The van der Waals surface area contributed by atoms with Gasteiger partial charge in [-0.25, -0.2) is 0 Å². The molecule has 4 heteroatoms. The van der Waals surface area contributed by atoms with Crippen molar-refractivity contribution < 1.29 is 9.84 Å². The Balaban J connectivity index is 2.78. The Labute approximate surface area is 122 Å². The van der Waals surface area contributed by atoms with E-state index in [1.54, 1.807) is 7.11 Å². The largest absolute Gasteiger partial charge is 0.497 e. The van der Waals surface area contributed by atoms with E-state index in [0.29, 0.717) is 0 Å². The first-order chi connectivity index (χ1) is 9.36. The van der Waals surface area contributed by atoms with E-state index in [1.807, 2.05) is 47.0 Å². The van der Waals surface area contributed by atoms with Crippen LogP contribution in [0.5, 0.6) is 5.75 Å². The highest BCUT2D eigenvalue weighted by Gasteiger charge is 2.20. The molecule has 2 N–H and O–H groups in total. The number of methoxy groups -OCH3 is 1. The average molecular weight is 280 g/mol. The van der Waals surface area contributed by atoms with Crippen molar-refractivity contribution in [2.24, 2.45) is 0 Å². The number of hydrogen-bond donors (Lipinski definition) is 2. The Bertz CT molecular complexity index is 409. The van der Waals surface area contributed by atoms with Crippen molar-refractivity contribution in [1.82, 2.24) is 10.2 Å². The first kappa shape index (κ1) is 17.0. The van der Waals surface area contributed by atoms with Crippen LogP contribution >= 0.6 is 0 Å². The number of likely N-dealkylation sites (N-methyl/N-ethyl adjacent to an activating group) is 1. The summed E-state index contributed by atoms with van der Waals surface area (Å²) >= 11 is 0. The number of aliphatic hydroxyl groups excluding tert-OH is 1. The van der Waals surface area contributed by atoms with Gasteiger partial charge in [0, 0.05) is 19.1 Å². The number of aliphatic hydroxyl groups is 1. The summed E-state index contributed by atoms with van der Waals surface area (Å²) in [6, 6.07) is 3.96. The van der Waals surface area contributed by atoms with Crippen molar-refractivity contribution in [3.8, 4) is 5.75 Å². The highest BCUT2D eigenvalue weighted by Crippen LogP contribution is 2.28. The number of benzene rings is 1. The van der Waals surface area contributed by atoms with Gasteiger partial charge in [0.05, 0.1) is 13.2 Å². The standard InChI is InChI=1S/C16H28N2O2/c1-11-9-14(20-6)10-12(2)15(11)16(19)13(3)17-7-8-18(4)5/h9-10,13,16-17,19H,7-8H2,1-6H3. The monoisotopic (exact) mass is 280 g/mol. The molecule has 1 aromatic carbocycles. The summed E-state index contributed by atoms with van der Waals surface area (Å²) in [4.78, 5) is 2.12. The van der Waals surface area contributed by atoms with Crippen molar-refractivity contribution in [3.63, 3.8) is 0 Å². The third-order valence-electron chi connectivity index (χ3n) is 3.60. The molecule has 0 spiro atoms. The van der Waals surface area contributed by atoms with Gasteiger partial charge >= 0.3 is 0 Å². The van der Waals surface area contributed by atoms with E-state index in [1.165, 1.54) is 0 Å². The number of ether oxygens (including phenoxy) is 1. The molecular formula is C16H28N2O2. The predicted molar refractivity (Wildman–Crippen MR) is 83.4 cm³/mol. The summed E-state index contributed by atoms with van der Waals surface area (Å²) in [5.41, 5.74) is 3.13. The summed E-state index contributed by atoms with van der Waals surface area (Å²) in [7, 11) is 5.75. The van der Waals surface area contributed by atoms with E-state index in [2.05, 4.69) is 10.2 Å². The molecule has 0 aliphatic heterocycles. The molecule has 114 valence electrons. The first-order valence-electron chi connectivity index (χ1n) is 7.08. The zero-order valence-corrected chi connectivity index (χ0v) is 13.5. The van der Waals surface area contributed by atoms with Gasteiger partial charge in [-0.1, -0.05) is 0 Å². The molecule has 0 aliphatic rings. The van der Waals surface area contributed by atoms with E-state index in [0.717, 1.165) is 35.5 Å². The SMILES string of the molecule is COc1cc(C)c(C(O)C(C)NCCN(C)C)c(C)c1. The molecule has 1 rings (SSSR count). The second-order valence-electron chi connectivity index (χ2n) is 5.67. The van der Waals surface area contributed by atoms with Crippen LogP contribution in [-0.2, 0) is 0 Å². The Kier molecular flexibility index (Phi) is 6.46. The van der Waals surface area contributed by atoms with Crippen LogP contribution in [0.4, 0.5) is 0 Å². The maximum Gasteiger partial charge on any atom is 0.119 e. The molecule has 20 heavy (non-hydrogen) atoms. The summed E-state index contributed by atoms with van der Waals surface area (Å²) in [5.74, 6) is 0.837. The summed E-state index contributed by atoms with van der Waals surface area (Å²) < 4.78 is 5.26. The van der Waals surface area contributed by atoms with Gasteiger partial charge < -0.3 is 20.1 Å². The second kappa shape index (κ2) is 7.62. The number of rotatable bonds is 7. The van der Waals surface area contributed by atoms with Gasteiger partial charge in [0.25, 0.3) is 0 Å². The fourth-order valence-corrected chi connectivity index (χ4v) is 2.40. The molecule has 0 bridgehead atoms. The minimum absolute atomic E-state index is 0.0146. The summed E-state index contributed by atoms with van der Waals surface area (Å²) in [5, 5.41) is 13.9. The van der Waals surface area contributed by atoms with Gasteiger partial charge in [0.1, 0.15) is 5.75 Å². The predicted octanol–water partition coefficient (Wildman–Crippen LogP) is 1.89. The van der Waals surface area contributed by atoms with Crippen LogP contribution in [0.1, 0.15) is 29.7 Å². The second-order valence-corrected chi connectivity index (χ2v) is 5.67. The van der Waals surface area contributed by atoms with Crippen LogP contribution in [0.15, 0.2) is 12.1 Å². The third-order valence-corrected chi connectivity index (χ3v) is 3.60. The highest BCUT2D eigenvalue weighted by atomic mass is 16.5. The molecule has 0 radical (unpaired) electrons. The van der Waals surface area contributed by atoms with E-state index in [-0.39, 0.29) is 6.04 Å². The van der Waals surface area contributed by atoms with Crippen molar-refractivity contribution in [3.05, 3.63) is 28.8 Å². The van der Waals surface area contributed by atoms with Crippen molar-refractivity contribution in [2.75, 3.05) is 34.3 Å². The smallest absolute Gasteiger partial charge is 0.119 e. The van der Waals surface area contributed by atoms with Crippen LogP contribution < -0.4 is 10.1 Å². The molecule has 0 fully saturated rings. The molecule has 2 unspecified atom stereocenters. The molecule has 1 aromatic rings. The quantitative estimate of drug-likeness (QED) is 0.800. The van der Waals surface area contributed by atoms with Gasteiger partial charge in [-0.15, -0.1) is 0 Å². The Morgan fingerprint density at radius 3 is 2.25 bits per heavy atom. The fraction of sp³-hybridized carbons (Fsp3) is 0.625. The summed E-state index contributed by atoms with van der Waals surface area (Å²) in [6.07, 6.45) is -0.511. The van der Waals surface area contributed by atoms with Gasteiger partial charge in [-0.3, -0.25) is 0 Å². The number of aryl methyl sites for hydroxylation is 2. The number of nitrogens with one attached hydrogen (secondary N) is 1. The topological polar surface area (TPSA) is 44.7 Å². The Morgan fingerprint density at radius 1 is 1.25 bits per heavy atom. The van der Waals surface area contributed by atoms with Crippen LogP contribution in [0, 0.1) is 13.8 Å². The average Bonchev–Trinajstić information content (AvgIpc) is 2.36. The van der Waals surface area contributed by atoms with Crippen molar-refractivity contribution >= 4 is 0 Å². The van der Waals surface area contributed by atoms with Crippen LogP contribution in [0.3, 0.4) is 0 Å². The van der Waals surface area contributed by atoms with Gasteiger partial charge in [-0.2, -0.15) is 0 Å². The fourth-order valence-electron chi connectivity index (χ4n) is 2.40. The minimum Gasteiger partial charge on any atom is -0.497 e. The Hall–Kier alpha value is -1.10. The lowest BCUT2D eigenvalue weighted by atomic mass is 9.94. The van der Waals surface area contributed by atoms with Gasteiger partial charge in [0.2, 0.25) is 0 Å². The molecule has 4 nitrogen and oxygen atoms in total. The van der Waals surface area contributed by atoms with Gasteiger partial charge in [0.15, 0.2) is 0 Å². The molecule has 0 aliphatic carbocycles. The van der Waals surface area contributed by atoms with E-state index in [9.17, 15) is 5.11 Å². The lowest BCUT2D eigenvalue weighted by molar-refractivity contribution is 0.133. The molecule has 0 heterocycles. The maximum atomic E-state index is 10.6. The molecular weight excluding hydrogens is 252 g/mol. The molecule has 0 saturated carbocycles. The van der Waals surface area contributed by atoms with Crippen molar-refractivity contribution in [2.45, 2.75) is 32.9 Å². The zero-order valence-electron chi connectivity index (χ0n) is 13.5. The molecule has 0 saturated heterocycles. The van der Waals surface area contributed by atoms with E-state index in [4.69, 9.17) is 4.74 Å². The maximum absolute atomic E-state index is 10.6. The lowest BCUT2D eigenvalue weighted by Gasteiger charge is -2.25. The van der Waals surface area contributed by atoms with Crippen LogP contribution in [0.2, 0.25) is 0 Å². The van der Waals surface area contributed by atoms with Gasteiger partial charge in [-0.05, 0) is 63.7 Å². The molecule has 0 aromatic heterocycles. The first-order valence-corrected chi connectivity index (χ1v) is 7.08. The normalized spacial score (nSPS) is 14.4. The number of hydrogen-bond acceptors (Lipinski definition) is 4. The van der Waals surface area contributed by atoms with Crippen LogP contribution in [0.25, 0.3) is 0 Å².